The molecule has 114 valence electrons. The molecule has 1 aliphatic carbocycles. The number of benzene rings is 1. The second kappa shape index (κ2) is 7.75. The Morgan fingerprint density at radius 2 is 2.14 bits per heavy atom. The molecule has 0 radical (unpaired) electrons. The van der Waals surface area contributed by atoms with Crippen molar-refractivity contribution in [3.05, 3.63) is 29.8 Å². The molecule has 2 amide bonds. The maximum Gasteiger partial charge on any atom is 0.246 e. The minimum Gasteiger partial charge on any atom is -0.370 e. The number of amides is 2. The number of hydrogen-bond donors (Lipinski definition) is 3. The summed E-state index contributed by atoms with van der Waals surface area (Å²) in [5.74, 6) is 0.0651. The van der Waals surface area contributed by atoms with Crippen LogP contribution in [0.1, 0.15) is 18.4 Å². The van der Waals surface area contributed by atoms with Crippen LogP contribution >= 0.6 is 0 Å². The minimum absolute atomic E-state index is 0.00923. The highest BCUT2D eigenvalue weighted by Gasteiger charge is 2.29. The Morgan fingerprint density at radius 1 is 1.33 bits per heavy atom. The van der Waals surface area contributed by atoms with Crippen molar-refractivity contribution in [2.24, 2.45) is 11.7 Å². The highest BCUT2D eigenvalue weighted by atomic mass is 16.5. The summed E-state index contributed by atoms with van der Waals surface area (Å²) in [6, 6.07) is 7.46. The first kappa shape index (κ1) is 15.5. The number of rotatable bonds is 8. The van der Waals surface area contributed by atoms with E-state index in [1.165, 1.54) is 0 Å². The fraction of sp³-hybridized carbons (Fsp3) is 0.467. The van der Waals surface area contributed by atoms with Gasteiger partial charge in [-0.1, -0.05) is 12.1 Å². The van der Waals surface area contributed by atoms with Gasteiger partial charge < -0.3 is 21.1 Å². The van der Waals surface area contributed by atoms with E-state index in [9.17, 15) is 9.59 Å². The summed E-state index contributed by atoms with van der Waals surface area (Å²) in [7, 11) is 0. The number of hydrogen-bond acceptors (Lipinski definition) is 4. The third-order valence-corrected chi connectivity index (χ3v) is 3.13. The van der Waals surface area contributed by atoms with Crippen molar-refractivity contribution < 1.29 is 14.3 Å². The molecule has 0 heterocycles. The first-order valence-electron chi connectivity index (χ1n) is 7.13. The highest BCUT2D eigenvalue weighted by molar-refractivity contribution is 5.94. The van der Waals surface area contributed by atoms with Crippen molar-refractivity contribution in [3.63, 3.8) is 0 Å². The molecule has 1 saturated carbocycles. The van der Waals surface area contributed by atoms with Gasteiger partial charge in [-0.25, -0.2) is 0 Å². The molecule has 6 nitrogen and oxygen atoms in total. The monoisotopic (exact) mass is 291 g/mol. The van der Waals surface area contributed by atoms with Crippen LogP contribution < -0.4 is 16.4 Å². The van der Waals surface area contributed by atoms with Crippen molar-refractivity contribution in [3.8, 4) is 0 Å². The molecular weight excluding hydrogens is 270 g/mol. The third kappa shape index (κ3) is 5.53. The van der Waals surface area contributed by atoms with Crippen LogP contribution in [-0.4, -0.2) is 31.6 Å². The predicted octanol–water partition coefficient (Wildman–Crippen LogP) is 0.627. The summed E-state index contributed by atoms with van der Waals surface area (Å²) < 4.78 is 5.05. The summed E-state index contributed by atoms with van der Waals surface area (Å²) in [5.41, 5.74) is 6.96. The number of nitrogens with one attached hydrogen (secondary N) is 2. The topological polar surface area (TPSA) is 93.4 Å². The van der Waals surface area contributed by atoms with E-state index in [0.717, 1.165) is 24.1 Å². The summed E-state index contributed by atoms with van der Waals surface area (Å²) in [4.78, 5) is 23.2. The fourth-order valence-electron chi connectivity index (χ4n) is 1.85. The molecule has 0 bridgehead atoms. The number of nitrogens with two attached hydrogens (primary N) is 1. The summed E-state index contributed by atoms with van der Waals surface area (Å²) >= 11 is 0. The zero-order chi connectivity index (χ0) is 15.1. The van der Waals surface area contributed by atoms with E-state index in [4.69, 9.17) is 10.5 Å². The van der Waals surface area contributed by atoms with Gasteiger partial charge in [-0.3, -0.25) is 9.59 Å². The van der Waals surface area contributed by atoms with Crippen molar-refractivity contribution in [1.82, 2.24) is 5.32 Å². The van der Waals surface area contributed by atoms with Gasteiger partial charge in [-0.15, -0.1) is 0 Å². The zero-order valence-corrected chi connectivity index (χ0v) is 11.9. The Balaban J connectivity index is 1.77. The van der Waals surface area contributed by atoms with Gasteiger partial charge in [0.2, 0.25) is 11.8 Å². The summed E-state index contributed by atoms with van der Waals surface area (Å²) in [6.45, 7) is 1.18. The van der Waals surface area contributed by atoms with E-state index in [1.807, 2.05) is 24.3 Å². The van der Waals surface area contributed by atoms with Gasteiger partial charge in [-0.05, 0) is 30.5 Å². The molecule has 0 aliphatic heterocycles. The smallest absolute Gasteiger partial charge is 0.246 e. The largest absolute Gasteiger partial charge is 0.370 e. The van der Waals surface area contributed by atoms with E-state index in [0.29, 0.717) is 19.7 Å². The molecule has 0 atom stereocenters. The van der Waals surface area contributed by atoms with E-state index >= 15 is 0 Å². The second-order valence-electron chi connectivity index (χ2n) is 5.08. The summed E-state index contributed by atoms with van der Waals surface area (Å²) in [5, 5.41) is 5.64. The lowest BCUT2D eigenvalue weighted by Crippen LogP contribution is -2.28. The lowest BCUT2D eigenvalue weighted by atomic mass is 10.2. The van der Waals surface area contributed by atoms with Crippen molar-refractivity contribution in [1.29, 1.82) is 0 Å². The Bertz CT molecular complexity index is 501. The van der Waals surface area contributed by atoms with Gasteiger partial charge >= 0.3 is 0 Å². The lowest BCUT2D eigenvalue weighted by molar-refractivity contribution is -0.125. The van der Waals surface area contributed by atoms with Crippen LogP contribution in [-0.2, 0) is 20.9 Å². The Labute approximate surface area is 124 Å². The van der Waals surface area contributed by atoms with E-state index in [2.05, 4.69) is 10.6 Å². The molecular formula is C15H21N3O3. The number of anilines is 1. The normalized spacial score (nSPS) is 13.8. The van der Waals surface area contributed by atoms with Crippen LogP contribution in [0, 0.1) is 5.92 Å². The molecule has 0 spiro atoms. The molecule has 6 heteroatoms. The minimum atomic E-state index is -0.184. The van der Waals surface area contributed by atoms with Gasteiger partial charge in [0.25, 0.3) is 0 Å². The molecule has 1 aromatic carbocycles. The van der Waals surface area contributed by atoms with Gasteiger partial charge in [0, 0.05) is 24.7 Å². The number of carbonyl (C=O) groups is 2. The first-order chi connectivity index (χ1) is 10.2. The Kier molecular flexibility index (Phi) is 5.71. The molecule has 1 aliphatic rings. The first-order valence-corrected chi connectivity index (χ1v) is 7.13. The quantitative estimate of drug-likeness (QED) is 0.612. The predicted molar refractivity (Wildman–Crippen MR) is 79.5 cm³/mol. The molecule has 4 N–H and O–H groups in total. The van der Waals surface area contributed by atoms with E-state index in [-0.39, 0.29) is 24.3 Å². The molecule has 1 aromatic rings. The average Bonchev–Trinajstić information content (AvgIpc) is 3.30. The molecule has 1 fully saturated rings. The van der Waals surface area contributed by atoms with Crippen molar-refractivity contribution in [2.75, 3.05) is 25.1 Å². The van der Waals surface area contributed by atoms with E-state index in [1.54, 1.807) is 0 Å². The van der Waals surface area contributed by atoms with Crippen molar-refractivity contribution in [2.45, 2.75) is 19.4 Å². The van der Waals surface area contributed by atoms with Crippen LogP contribution in [0.2, 0.25) is 0 Å². The van der Waals surface area contributed by atoms with Crippen LogP contribution in [0.3, 0.4) is 0 Å². The number of ether oxygens (including phenoxy) is 1. The maximum atomic E-state index is 11.7. The molecule has 2 rings (SSSR count). The standard InChI is InChI=1S/C15H21N3O3/c16-6-7-21-10-14(19)17-9-11-2-1-3-13(8-11)18-15(20)12-4-5-12/h1-3,8,12H,4-7,9-10,16H2,(H,17,19)(H,18,20). The Hall–Kier alpha value is -1.92. The third-order valence-electron chi connectivity index (χ3n) is 3.13. The molecule has 0 saturated heterocycles. The van der Waals surface area contributed by atoms with Crippen LogP contribution in [0.25, 0.3) is 0 Å². The van der Waals surface area contributed by atoms with Crippen LogP contribution in [0.5, 0.6) is 0 Å². The average molecular weight is 291 g/mol. The van der Waals surface area contributed by atoms with Crippen LogP contribution in [0.4, 0.5) is 5.69 Å². The van der Waals surface area contributed by atoms with Crippen LogP contribution in [0.15, 0.2) is 24.3 Å². The second-order valence-corrected chi connectivity index (χ2v) is 5.08. The highest BCUT2D eigenvalue weighted by Crippen LogP contribution is 2.30. The van der Waals surface area contributed by atoms with Gasteiger partial charge in [0.05, 0.1) is 6.61 Å². The van der Waals surface area contributed by atoms with Gasteiger partial charge in [-0.2, -0.15) is 0 Å². The number of carbonyl (C=O) groups excluding carboxylic acids is 2. The fourth-order valence-corrected chi connectivity index (χ4v) is 1.85. The molecule has 0 unspecified atom stereocenters. The van der Waals surface area contributed by atoms with E-state index < -0.39 is 0 Å². The molecule has 21 heavy (non-hydrogen) atoms. The van der Waals surface area contributed by atoms with Crippen molar-refractivity contribution >= 4 is 17.5 Å². The lowest BCUT2D eigenvalue weighted by Gasteiger charge is -2.08. The molecule has 0 aromatic heterocycles. The zero-order valence-electron chi connectivity index (χ0n) is 11.9. The van der Waals surface area contributed by atoms with Gasteiger partial charge in [0.1, 0.15) is 6.61 Å². The Morgan fingerprint density at radius 3 is 2.86 bits per heavy atom. The SMILES string of the molecule is NCCOCC(=O)NCc1cccc(NC(=O)C2CC2)c1. The summed E-state index contributed by atoms with van der Waals surface area (Å²) in [6.07, 6.45) is 1.95. The maximum absolute atomic E-state index is 11.7. The van der Waals surface area contributed by atoms with Gasteiger partial charge in [0.15, 0.2) is 0 Å².